The van der Waals surface area contributed by atoms with Crippen LogP contribution in [-0.4, -0.2) is 21.2 Å². The quantitative estimate of drug-likeness (QED) is 0.900. The summed E-state index contributed by atoms with van der Waals surface area (Å²) in [5.41, 5.74) is 0.549. The molecule has 0 saturated heterocycles. The van der Waals surface area contributed by atoms with Gasteiger partial charge in [-0.2, -0.15) is 0 Å². The van der Waals surface area contributed by atoms with E-state index in [9.17, 15) is 4.79 Å². The van der Waals surface area contributed by atoms with E-state index >= 15 is 0 Å². The van der Waals surface area contributed by atoms with E-state index in [1.165, 1.54) is 19.3 Å². The maximum Gasteiger partial charge on any atom is 0.407 e. The zero-order chi connectivity index (χ0) is 14.8. The highest BCUT2D eigenvalue weighted by Gasteiger charge is 2.25. The van der Waals surface area contributed by atoms with Crippen LogP contribution in [-0.2, 0) is 11.3 Å². The maximum atomic E-state index is 11.7. The number of imidazole rings is 1. The van der Waals surface area contributed by atoms with Gasteiger partial charge in [0.25, 0.3) is 0 Å². The van der Waals surface area contributed by atoms with Crippen LogP contribution in [0.2, 0.25) is 0 Å². The molecule has 1 fully saturated rings. The van der Waals surface area contributed by atoms with Crippen molar-refractivity contribution in [3.05, 3.63) is 18.2 Å². The average Bonchev–Trinajstić information content (AvgIpc) is 3.00. The summed E-state index contributed by atoms with van der Waals surface area (Å²) in [5, 5.41) is 2.78. The molecule has 2 rings (SSSR count). The van der Waals surface area contributed by atoms with Gasteiger partial charge in [0.2, 0.25) is 0 Å². The number of carbonyl (C=O) groups excluding carboxylic acids is 1. The third-order valence-electron chi connectivity index (χ3n) is 3.41. The van der Waals surface area contributed by atoms with Crippen LogP contribution >= 0.6 is 0 Å². The Balaban J connectivity index is 1.86. The molecule has 0 bridgehead atoms. The highest BCUT2D eigenvalue weighted by Crippen LogP contribution is 2.36. The second-order valence-corrected chi connectivity index (χ2v) is 6.68. The third-order valence-corrected chi connectivity index (χ3v) is 3.41. The number of nitrogens with one attached hydrogen (secondary N) is 1. The molecule has 0 aliphatic heterocycles. The molecule has 5 nitrogen and oxygen atoms in total. The Hall–Kier alpha value is -1.52. The monoisotopic (exact) mass is 279 g/mol. The zero-order valence-electron chi connectivity index (χ0n) is 12.8. The lowest BCUT2D eigenvalue weighted by Gasteiger charge is -2.20. The molecule has 1 atom stereocenters. The summed E-state index contributed by atoms with van der Waals surface area (Å²) < 4.78 is 7.38. The van der Waals surface area contributed by atoms with Gasteiger partial charge in [-0.25, -0.2) is 9.78 Å². The normalized spacial score (nSPS) is 16.8. The van der Waals surface area contributed by atoms with Crippen LogP contribution in [0.5, 0.6) is 0 Å². The molecule has 1 aliphatic carbocycles. The van der Waals surface area contributed by atoms with Gasteiger partial charge in [0.1, 0.15) is 5.60 Å². The van der Waals surface area contributed by atoms with Crippen molar-refractivity contribution in [1.82, 2.24) is 14.9 Å². The first-order valence-corrected chi connectivity index (χ1v) is 7.32. The van der Waals surface area contributed by atoms with E-state index < -0.39 is 5.60 Å². The van der Waals surface area contributed by atoms with Crippen LogP contribution in [0.15, 0.2) is 12.5 Å². The van der Waals surface area contributed by atoms with Gasteiger partial charge in [0.15, 0.2) is 0 Å². The Kier molecular flexibility index (Phi) is 4.35. The molecule has 1 heterocycles. The Bertz CT molecular complexity index is 458. The smallest absolute Gasteiger partial charge is 0.407 e. The molecule has 1 aromatic rings. The van der Waals surface area contributed by atoms with E-state index in [1.54, 1.807) is 6.20 Å². The van der Waals surface area contributed by atoms with E-state index in [4.69, 9.17) is 4.74 Å². The van der Waals surface area contributed by atoms with Crippen molar-refractivity contribution in [3.8, 4) is 0 Å². The van der Waals surface area contributed by atoms with E-state index in [0.29, 0.717) is 12.6 Å². The van der Waals surface area contributed by atoms with Crippen molar-refractivity contribution >= 4 is 6.09 Å². The number of rotatable bonds is 5. The second-order valence-electron chi connectivity index (χ2n) is 6.68. The Morgan fingerprint density at radius 2 is 2.25 bits per heavy atom. The van der Waals surface area contributed by atoms with Crippen LogP contribution < -0.4 is 5.32 Å². The number of ether oxygens (including phenoxy) is 1. The summed E-state index contributed by atoms with van der Waals surface area (Å²) >= 11 is 0. The highest BCUT2D eigenvalue weighted by atomic mass is 16.6. The highest BCUT2D eigenvalue weighted by molar-refractivity contribution is 5.67. The van der Waals surface area contributed by atoms with Gasteiger partial charge in [-0.3, -0.25) is 0 Å². The van der Waals surface area contributed by atoms with Gasteiger partial charge in [-0.05, 0) is 40.0 Å². The molecule has 1 aliphatic rings. The minimum Gasteiger partial charge on any atom is -0.444 e. The van der Waals surface area contributed by atoms with Gasteiger partial charge in [0.05, 0.1) is 18.6 Å². The zero-order valence-corrected chi connectivity index (χ0v) is 12.8. The minimum absolute atomic E-state index is 0.389. The maximum absolute atomic E-state index is 11.7. The molecule has 1 saturated carbocycles. The fourth-order valence-corrected chi connectivity index (χ4v) is 2.29. The van der Waals surface area contributed by atoms with Crippen LogP contribution in [0.1, 0.15) is 58.7 Å². The summed E-state index contributed by atoms with van der Waals surface area (Å²) in [6.07, 6.45) is 7.16. The lowest BCUT2D eigenvalue weighted by atomic mass is 10.1. The van der Waals surface area contributed by atoms with Crippen LogP contribution in [0.25, 0.3) is 0 Å². The van der Waals surface area contributed by atoms with Crippen LogP contribution in [0.4, 0.5) is 4.79 Å². The van der Waals surface area contributed by atoms with Crippen molar-refractivity contribution < 1.29 is 9.53 Å². The standard InChI is InChI=1S/C15H25N3O2/c1-11(7-12-5-6-12)18-10-16-8-13(18)9-17-14(19)20-15(2,3)4/h8,10-12H,5-7,9H2,1-4H3,(H,17,19). The van der Waals surface area contributed by atoms with E-state index in [2.05, 4.69) is 21.8 Å². The summed E-state index contributed by atoms with van der Waals surface area (Å²) in [7, 11) is 0. The molecule has 0 radical (unpaired) electrons. The molecule has 5 heteroatoms. The molecular formula is C15H25N3O2. The molecule has 0 aromatic carbocycles. The van der Waals surface area contributed by atoms with Crippen LogP contribution in [0.3, 0.4) is 0 Å². The van der Waals surface area contributed by atoms with Crippen molar-refractivity contribution in [2.75, 3.05) is 0 Å². The number of nitrogens with zero attached hydrogens (tertiary/aromatic N) is 2. The Morgan fingerprint density at radius 1 is 1.55 bits per heavy atom. The van der Waals surface area contributed by atoms with E-state index in [-0.39, 0.29) is 6.09 Å². The first-order chi connectivity index (χ1) is 9.35. The molecule has 1 unspecified atom stereocenters. The number of aromatic nitrogens is 2. The molecular weight excluding hydrogens is 254 g/mol. The topological polar surface area (TPSA) is 56.2 Å². The van der Waals surface area contributed by atoms with Crippen molar-refractivity contribution in [3.63, 3.8) is 0 Å². The molecule has 112 valence electrons. The molecule has 1 aromatic heterocycles. The number of hydrogen-bond acceptors (Lipinski definition) is 3. The first-order valence-electron chi connectivity index (χ1n) is 7.32. The van der Waals surface area contributed by atoms with Gasteiger partial charge < -0.3 is 14.6 Å². The number of hydrogen-bond donors (Lipinski definition) is 1. The predicted octanol–water partition coefficient (Wildman–Crippen LogP) is 3.27. The number of amides is 1. The lowest BCUT2D eigenvalue weighted by Crippen LogP contribution is -2.32. The van der Waals surface area contributed by atoms with Crippen LogP contribution in [0, 0.1) is 5.92 Å². The number of alkyl carbamates (subject to hydrolysis) is 1. The molecule has 1 amide bonds. The fourth-order valence-electron chi connectivity index (χ4n) is 2.29. The summed E-state index contributed by atoms with van der Waals surface area (Å²) in [6, 6.07) is 0.431. The summed E-state index contributed by atoms with van der Waals surface area (Å²) in [6.45, 7) is 8.22. The van der Waals surface area contributed by atoms with Gasteiger partial charge >= 0.3 is 6.09 Å². The largest absolute Gasteiger partial charge is 0.444 e. The molecule has 20 heavy (non-hydrogen) atoms. The first kappa shape index (κ1) is 14.9. The summed E-state index contributed by atoms with van der Waals surface area (Å²) in [4.78, 5) is 15.9. The SMILES string of the molecule is CC(CC1CC1)n1cncc1CNC(=O)OC(C)(C)C. The average molecular weight is 279 g/mol. The Morgan fingerprint density at radius 3 is 2.85 bits per heavy atom. The molecule has 1 N–H and O–H groups in total. The van der Waals surface area contributed by atoms with Gasteiger partial charge in [0, 0.05) is 12.2 Å². The minimum atomic E-state index is -0.469. The lowest BCUT2D eigenvalue weighted by molar-refractivity contribution is 0.0522. The van der Waals surface area contributed by atoms with Crippen molar-refractivity contribution in [1.29, 1.82) is 0 Å². The predicted molar refractivity (Wildman–Crippen MR) is 77.4 cm³/mol. The van der Waals surface area contributed by atoms with Crippen molar-refractivity contribution in [2.24, 2.45) is 5.92 Å². The van der Waals surface area contributed by atoms with Gasteiger partial charge in [-0.15, -0.1) is 0 Å². The van der Waals surface area contributed by atoms with Crippen molar-refractivity contribution in [2.45, 2.75) is 65.1 Å². The fraction of sp³-hybridized carbons (Fsp3) is 0.733. The Labute approximate surface area is 120 Å². The number of carbonyl (C=O) groups is 1. The van der Waals surface area contributed by atoms with Gasteiger partial charge in [-0.1, -0.05) is 12.8 Å². The second kappa shape index (κ2) is 5.85. The van der Waals surface area contributed by atoms with E-state index in [0.717, 1.165) is 11.6 Å². The molecule has 0 spiro atoms. The summed E-state index contributed by atoms with van der Waals surface area (Å²) in [5.74, 6) is 0.874. The third kappa shape index (κ3) is 4.54. The van der Waals surface area contributed by atoms with E-state index in [1.807, 2.05) is 27.1 Å².